The van der Waals surface area contributed by atoms with Crippen LogP contribution in [0.1, 0.15) is 62.3 Å². The van der Waals surface area contributed by atoms with Crippen LogP contribution in [0, 0.1) is 6.92 Å². The second-order valence-corrected chi connectivity index (χ2v) is 6.74. The van der Waals surface area contributed by atoms with Crippen LogP contribution >= 0.6 is 11.3 Å². The number of nitrogens with two attached hydrogens (primary N) is 1. The number of aromatic nitrogens is 2. The lowest BCUT2D eigenvalue weighted by Gasteiger charge is -2.15. The van der Waals surface area contributed by atoms with E-state index in [4.69, 9.17) is 10.3 Å². The number of thiophene rings is 1. The van der Waals surface area contributed by atoms with Crippen molar-refractivity contribution >= 4 is 16.3 Å². The minimum atomic E-state index is 0.463. The van der Waals surface area contributed by atoms with Crippen molar-refractivity contribution in [1.29, 1.82) is 0 Å². The highest BCUT2D eigenvalue weighted by molar-refractivity contribution is 7.19. The summed E-state index contributed by atoms with van der Waals surface area (Å²) in [7, 11) is 0. The van der Waals surface area contributed by atoms with E-state index in [0.717, 1.165) is 21.3 Å². The van der Waals surface area contributed by atoms with E-state index in [9.17, 15) is 0 Å². The van der Waals surface area contributed by atoms with E-state index in [1.165, 1.54) is 56.3 Å². The fourth-order valence-electron chi connectivity index (χ4n) is 2.93. The first-order chi connectivity index (χ1) is 9.74. The van der Waals surface area contributed by atoms with E-state index in [1.54, 1.807) is 0 Å². The van der Waals surface area contributed by atoms with E-state index in [0.29, 0.717) is 11.8 Å². The Morgan fingerprint density at radius 3 is 2.55 bits per heavy atom. The molecule has 0 atom stereocenters. The van der Waals surface area contributed by atoms with Gasteiger partial charge in [-0.25, -0.2) is 0 Å². The maximum atomic E-state index is 5.83. The third kappa shape index (κ3) is 2.87. The van der Waals surface area contributed by atoms with Crippen LogP contribution in [-0.2, 0) is 0 Å². The molecule has 0 saturated heterocycles. The smallest absolute Gasteiger partial charge is 0.268 e. The van der Waals surface area contributed by atoms with Gasteiger partial charge in [-0.1, -0.05) is 37.3 Å². The molecule has 1 aliphatic rings. The van der Waals surface area contributed by atoms with E-state index >= 15 is 0 Å². The molecular weight excluding hydrogens is 270 g/mol. The molecule has 0 aliphatic heterocycles. The lowest BCUT2D eigenvalue weighted by molar-refractivity contribution is 0.393. The summed E-state index contributed by atoms with van der Waals surface area (Å²) in [5, 5.41) is 5.01. The minimum absolute atomic E-state index is 0.463. The van der Waals surface area contributed by atoms with Crippen LogP contribution in [0.3, 0.4) is 0 Å². The van der Waals surface area contributed by atoms with Gasteiger partial charge in [-0.15, -0.1) is 11.3 Å². The van der Waals surface area contributed by atoms with Gasteiger partial charge in [0.15, 0.2) is 5.82 Å². The summed E-state index contributed by atoms with van der Waals surface area (Å²) in [5.74, 6) is 1.97. The quantitative estimate of drug-likeness (QED) is 0.883. The molecule has 0 radical (unpaired) electrons. The molecule has 2 aromatic rings. The van der Waals surface area contributed by atoms with Crippen molar-refractivity contribution < 1.29 is 4.52 Å². The van der Waals surface area contributed by atoms with Gasteiger partial charge in [-0.05, 0) is 31.4 Å². The maximum absolute atomic E-state index is 5.83. The lowest BCUT2D eigenvalue weighted by Crippen LogP contribution is -2.04. The predicted molar refractivity (Wildman–Crippen MR) is 81.8 cm³/mol. The molecule has 1 aliphatic carbocycles. The molecule has 0 unspecified atom stereocenters. The Bertz CT molecular complexity index is 567. The molecule has 2 heterocycles. The molecule has 0 aromatic carbocycles. The monoisotopic (exact) mass is 291 g/mol. The van der Waals surface area contributed by atoms with Crippen molar-refractivity contribution in [2.24, 2.45) is 0 Å². The van der Waals surface area contributed by atoms with Gasteiger partial charge < -0.3 is 10.3 Å². The van der Waals surface area contributed by atoms with Gasteiger partial charge in [0.05, 0.1) is 9.88 Å². The van der Waals surface area contributed by atoms with E-state index in [2.05, 4.69) is 10.1 Å². The molecule has 108 valence electrons. The van der Waals surface area contributed by atoms with Gasteiger partial charge in [0.1, 0.15) is 0 Å². The highest BCUT2D eigenvalue weighted by Crippen LogP contribution is 2.35. The van der Waals surface area contributed by atoms with Crippen LogP contribution in [0.25, 0.3) is 10.8 Å². The van der Waals surface area contributed by atoms with Crippen molar-refractivity contribution in [2.45, 2.75) is 57.8 Å². The van der Waals surface area contributed by atoms with Crippen LogP contribution in [0.15, 0.2) is 10.6 Å². The van der Waals surface area contributed by atoms with Gasteiger partial charge in [0.25, 0.3) is 5.89 Å². The first-order valence-electron chi connectivity index (χ1n) is 7.44. The molecule has 0 spiro atoms. The molecule has 4 nitrogen and oxygen atoms in total. The maximum Gasteiger partial charge on any atom is 0.268 e. The summed E-state index contributed by atoms with van der Waals surface area (Å²) in [6.45, 7) is 2.03. The summed E-state index contributed by atoms with van der Waals surface area (Å²) >= 11 is 1.52. The molecule has 0 amide bonds. The number of anilines is 1. The van der Waals surface area contributed by atoms with E-state index in [-0.39, 0.29) is 0 Å². The average molecular weight is 291 g/mol. The Hall–Kier alpha value is -1.36. The summed E-state index contributed by atoms with van der Waals surface area (Å²) in [5.41, 5.74) is 6.94. The normalized spacial score (nSPS) is 17.9. The van der Waals surface area contributed by atoms with Crippen LogP contribution < -0.4 is 5.73 Å². The predicted octanol–water partition coefficient (Wildman–Crippen LogP) is 4.52. The van der Waals surface area contributed by atoms with E-state index in [1.807, 2.05) is 13.0 Å². The third-order valence-corrected chi connectivity index (χ3v) is 5.10. The number of hydrogen-bond donors (Lipinski definition) is 1. The van der Waals surface area contributed by atoms with Crippen LogP contribution in [0.4, 0.5) is 5.00 Å². The average Bonchev–Trinajstić information content (AvgIpc) is 2.95. The second-order valence-electron chi connectivity index (χ2n) is 5.66. The zero-order valence-electron chi connectivity index (χ0n) is 11.9. The van der Waals surface area contributed by atoms with Gasteiger partial charge in [0.2, 0.25) is 0 Å². The standard InChI is InChI=1S/C15H21N3OS/c1-10-9-12(16)20-13(10)15-17-14(18-19-15)11-7-5-3-2-4-6-8-11/h9,11H,2-8,16H2,1H3. The number of hydrogen-bond acceptors (Lipinski definition) is 5. The van der Waals surface area contributed by atoms with Crippen molar-refractivity contribution in [2.75, 3.05) is 5.73 Å². The highest BCUT2D eigenvalue weighted by Gasteiger charge is 2.21. The fourth-order valence-corrected chi connectivity index (χ4v) is 3.79. The summed E-state index contributed by atoms with van der Waals surface area (Å²) < 4.78 is 5.46. The topological polar surface area (TPSA) is 64.9 Å². The Kier molecular flexibility index (Phi) is 4.05. The van der Waals surface area contributed by atoms with Crippen molar-refractivity contribution in [3.63, 3.8) is 0 Å². The molecule has 1 fully saturated rings. The molecule has 3 rings (SSSR count). The van der Waals surface area contributed by atoms with Crippen LogP contribution in [0.2, 0.25) is 0 Å². The summed E-state index contributed by atoms with van der Waals surface area (Å²) in [4.78, 5) is 5.63. The first-order valence-corrected chi connectivity index (χ1v) is 8.25. The second kappa shape index (κ2) is 5.95. The van der Waals surface area contributed by atoms with Gasteiger partial charge in [-0.2, -0.15) is 4.98 Å². The fraction of sp³-hybridized carbons (Fsp3) is 0.600. The first kappa shape index (κ1) is 13.6. The third-order valence-electron chi connectivity index (χ3n) is 4.04. The largest absolute Gasteiger partial charge is 0.391 e. The lowest BCUT2D eigenvalue weighted by atomic mass is 9.91. The molecule has 0 bridgehead atoms. The van der Waals surface area contributed by atoms with Gasteiger partial charge in [0, 0.05) is 5.92 Å². The number of nitrogen functional groups attached to an aromatic ring is 1. The summed E-state index contributed by atoms with van der Waals surface area (Å²) in [6, 6.07) is 1.96. The molecule has 5 heteroatoms. The minimum Gasteiger partial charge on any atom is -0.391 e. The molecular formula is C15H21N3OS. The summed E-state index contributed by atoms with van der Waals surface area (Å²) in [6.07, 6.45) is 8.97. The Labute approximate surface area is 123 Å². The Morgan fingerprint density at radius 1 is 1.20 bits per heavy atom. The number of rotatable bonds is 2. The molecule has 2 aromatic heterocycles. The van der Waals surface area contributed by atoms with Gasteiger partial charge >= 0.3 is 0 Å². The SMILES string of the molecule is Cc1cc(N)sc1-c1nc(C2CCCCCCC2)no1. The van der Waals surface area contributed by atoms with Crippen molar-refractivity contribution in [3.05, 3.63) is 17.5 Å². The molecule has 2 N–H and O–H groups in total. The van der Waals surface area contributed by atoms with E-state index < -0.39 is 0 Å². The van der Waals surface area contributed by atoms with Crippen LogP contribution in [0.5, 0.6) is 0 Å². The number of aryl methyl sites for hydroxylation is 1. The molecule has 20 heavy (non-hydrogen) atoms. The molecule has 1 saturated carbocycles. The van der Waals surface area contributed by atoms with Crippen molar-refractivity contribution in [1.82, 2.24) is 10.1 Å². The van der Waals surface area contributed by atoms with Crippen LogP contribution in [-0.4, -0.2) is 10.1 Å². The van der Waals surface area contributed by atoms with Crippen molar-refractivity contribution in [3.8, 4) is 10.8 Å². The Balaban J connectivity index is 1.80. The van der Waals surface area contributed by atoms with Gasteiger partial charge in [-0.3, -0.25) is 0 Å². The zero-order chi connectivity index (χ0) is 13.9. The number of nitrogens with zero attached hydrogens (tertiary/aromatic N) is 2. The highest BCUT2D eigenvalue weighted by atomic mass is 32.1. The Morgan fingerprint density at radius 2 is 1.90 bits per heavy atom. The zero-order valence-corrected chi connectivity index (χ0v) is 12.7.